The van der Waals surface area contributed by atoms with Gasteiger partial charge in [0.15, 0.2) is 17.3 Å². The van der Waals surface area contributed by atoms with Crippen molar-refractivity contribution in [3.63, 3.8) is 0 Å². The van der Waals surface area contributed by atoms with E-state index in [-0.39, 0.29) is 61.5 Å². The van der Waals surface area contributed by atoms with Gasteiger partial charge in [-0.25, -0.2) is 0 Å². The van der Waals surface area contributed by atoms with E-state index in [1.54, 1.807) is 6.07 Å². The molecule has 0 aromatic heterocycles. The van der Waals surface area contributed by atoms with Crippen LogP contribution >= 0.6 is 34.8 Å². The van der Waals surface area contributed by atoms with Gasteiger partial charge in [-0.15, -0.1) is 0 Å². The van der Waals surface area contributed by atoms with Crippen LogP contribution < -0.4 is 4.18 Å². The van der Waals surface area contributed by atoms with Gasteiger partial charge in [0.05, 0.1) is 5.02 Å². The van der Waals surface area contributed by atoms with E-state index in [1.165, 1.54) is 30.3 Å². The second-order valence-corrected chi connectivity index (χ2v) is 17.0. The Balaban J connectivity index is 1.58. The summed E-state index contributed by atoms with van der Waals surface area (Å²) in [4.78, 5) is 30.7. The molecule has 1 aliphatic heterocycles. The van der Waals surface area contributed by atoms with Crippen LogP contribution in [-0.4, -0.2) is 31.4 Å². The minimum atomic E-state index is -4.40. The van der Waals surface area contributed by atoms with Crippen molar-refractivity contribution in [1.29, 1.82) is 0 Å². The molecule has 10 heteroatoms. The molecule has 0 atom stereocenters. The second-order valence-electron chi connectivity index (χ2n) is 14.2. The molecule has 0 N–H and O–H groups in total. The summed E-state index contributed by atoms with van der Waals surface area (Å²) in [7, 11) is -4.40. The van der Waals surface area contributed by atoms with Gasteiger partial charge in [-0.1, -0.05) is 92.8 Å². The standard InChI is InChI=1S/C37H36Cl3NO5S/c1-36(2)18-28-33(30(42)20-36)32(26-16-24(39)17-27(40)35(26)46-47(44,45)25-12-10-23(38)11-13-25)34-29(19-37(3,4)21-31(34)43)41(28)15-14-22-8-6-5-7-9-22/h5-13,16-17,32H,14-15,18-21H2,1-4H3. The zero-order valence-electron chi connectivity index (χ0n) is 26.7. The van der Waals surface area contributed by atoms with Crippen molar-refractivity contribution in [2.75, 3.05) is 6.54 Å². The molecule has 0 amide bonds. The van der Waals surface area contributed by atoms with E-state index in [9.17, 15) is 18.0 Å². The summed E-state index contributed by atoms with van der Waals surface area (Å²) in [5.74, 6) is -1.27. The topological polar surface area (TPSA) is 80.8 Å². The van der Waals surface area contributed by atoms with Crippen LogP contribution in [0, 0.1) is 10.8 Å². The van der Waals surface area contributed by atoms with E-state index in [0.717, 1.165) is 17.0 Å². The number of rotatable bonds is 7. The van der Waals surface area contributed by atoms with E-state index in [4.69, 9.17) is 39.0 Å². The molecule has 3 aliphatic rings. The predicted octanol–water partition coefficient (Wildman–Crippen LogP) is 9.34. The van der Waals surface area contributed by atoms with Crippen LogP contribution in [0.2, 0.25) is 15.1 Å². The fourth-order valence-corrected chi connectivity index (χ4v) is 8.85. The van der Waals surface area contributed by atoms with Crippen molar-refractivity contribution < 1.29 is 22.2 Å². The van der Waals surface area contributed by atoms with Crippen molar-refractivity contribution in [3.05, 3.63) is 115 Å². The summed E-state index contributed by atoms with van der Waals surface area (Å²) >= 11 is 19.3. The number of ketones is 2. The molecule has 246 valence electrons. The minimum absolute atomic E-state index is 0.0481. The molecule has 0 spiro atoms. The third kappa shape index (κ3) is 6.78. The quantitative estimate of drug-likeness (QED) is 0.227. The van der Waals surface area contributed by atoms with Gasteiger partial charge in [0.25, 0.3) is 0 Å². The molecule has 0 unspecified atom stereocenters. The third-order valence-electron chi connectivity index (χ3n) is 9.13. The average molecular weight is 713 g/mol. The Labute approximate surface area is 291 Å². The Morgan fingerprint density at radius 3 is 1.87 bits per heavy atom. The number of nitrogens with zero attached hydrogens (tertiary/aromatic N) is 1. The number of Topliss-reactive ketones (excluding diaryl/α,β-unsaturated/α-hetero) is 2. The minimum Gasteiger partial charge on any atom is -0.377 e. The van der Waals surface area contributed by atoms with Gasteiger partial charge >= 0.3 is 10.1 Å². The zero-order valence-corrected chi connectivity index (χ0v) is 29.8. The van der Waals surface area contributed by atoms with Gasteiger partial charge < -0.3 is 9.08 Å². The molecule has 3 aromatic rings. The summed E-state index contributed by atoms with van der Waals surface area (Å²) in [6.07, 6.45) is 2.44. The van der Waals surface area contributed by atoms with Crippen LogP contribution in [0.15, 0.2) is 94.2 Å². The number of carbonyl (C=O) groups is 2. The Hall–Kier alpha value is -3.10. The fourth-order valence-electron chi connectivity index (χ4n) is 7.16. The van der Waals surface area contributed by atoms with E-state index < -0.39 is 16.0 Å². The van der Waals surface area contributed by atoms with Crippen molar-refractivity contribution in [2.24, 2.45) is 10.8 Å². The first-order valence-electron chi connectivity index (χ1n) is 15.6. The highest BCUT2D eigenvalue weighted by Crippen LogP contribution is 2.56. The summed E-state index contributed by atoms with van der Waals surface area (Å²) in [5.41, 5.74) is 3.38. The monoisotopic (exact) mass is 711 g/mol. The van der Waals surface area contributed by atoms with Crippen LogP contribution in [0.25, 0.3) is 0 Å². The zero-order chi connectivity index (χ0) is 33.9. The highest BCUT2D eigenvalue weighted by molar-refractivity contribution is 7.87. The Kier molecular flexibility index (Phi) is 8.92. The summed E-state index contributed by atoms with van der Waals surface area (Å²) in [6, 6.07) is 18.7. The van der Waals surface area contributed by atoms with Gasteiger partial charge in [-0.3, -0.25) is 9.59 Å². The lowest BCUT2D eigenvalue weighted by Crippen LogP contribution is -2.45. The predicted molar refractivity (Wildman–Crippen MR) is 185 cm³/mol. The SMILES string of the molecule is CC1(C)CC(=O)C2=C(C1)N(CCc1ccccc1)C1=C(C(=O)CC(C)(C)C1)C2c1cc(Cl)cc(Cl)c1OS(=O)(=O)c1ccc(Cl)cc1. The molecule has 0 saturated heterocycles. The first-order valence-corrected chi connectivity index (χ1v) is 18.1. The van der Waals surface area contributed by atoms with Crippen molar-refractivity contribution >= 4 is 56.5 Å². The molecule has 2 aliphatic carbocycles. The van der Waals surface area contributed by atoms with Crippen LogP contribution in [0.3, 0.4) is 0 Å². The van der Waals surface area contributed by atoms with Crippen molar-refractivity contribution in [1.82, 2.24) is 4.90 Å². The average Bonchev–Trinajstić information content (AvgIpc) is 2.96. The summed E-state index contributed by atoms with van der Waals surface area (Å²) < 4.78 is 33.0. The van der Waals surface area contributed by atoms with Gasteiger partial charge in [0.2, 0.25) is 0 Å². The Morgan fingerprint density at radius 2 is 1.32 bits per heavy atom. The Bertz CT molecular complexity index is 1890. The molecule has 0 bridgehead atoms. The van der Waals surface area contributed by atoms with E-state index in [2.05, 4.69) is 44.7 Å². The molecule has 1 heterocycles. The molecular formula is C37H36Cl3NO5S. The molecule has 6 rings (SSSR count). The molecule has 3 aromatic carbocycles. The number of benzene rings is 3. The lowest BCUT2D eigenvalue weighted by atomic mass is 9.63. The largest absolute Gasteiger partial charge is 0.377 e. The number of halogens is 3. The first kappa shape index (κ1) is 33.8. The van der Waals surface area contributed by atoms with Crippen molar-refractivity contribution in [3.8, 4) is 5.75 Å². The normalized spacial score (nSPS) is 19.5. The highest BCUT2D eigenvalue weighted by atomic mass is 35.5. The molecular weight excluding hydrogens is 677 g/mol. The molecule has 6 nitrogen and oxygen atoms in total. The lowest BCUT2D eigenvalue weighted by Gasteiger charge is -2.49. The van der Waals surface area contributed by atoms with Gasteiger partial charge in [-0.05, 0) is 72.1 Å². The maximum Gasteiger partial charge on any atom is 0.339 e. The van der Waals surface area contributed by atoms with Gasteiger partial charge in [0, 0.05) is 63.5 Å². The molecule has 47 heavy (non-hydrogen) atoms. The third-order valence-corrected chi connectivity index (χ3v) is 11.1. The molecule has 0 radical (unpaired) electrons. The van der Waals surface area contributed by atoms with E-state index >= 15 is 0 Å². The smallest absolute Gasteiger partial charge is 0.339 e. The number of hydrogen-bond acceptors (Lipinski definition) is 6. The van der Waals surface area contributed by atoms with Crippen LogP contribution in [0.1, 0.15) is 70.4 Å². The molecule has 0 saturated carbocycles. The van der Waals surface area contributed by atoms with Crippen LogP contribution in [0.4, 0.5) is 0 Å². The van der Waals surface area contributed by atoms with Crippen LogP contribution in [0.5, 0.6) is 5.75 Å². The number of allylic oxidation sites excluding steroid dienone is 4. The van der Waals surface area contributed by atoms with E-state index in [0.29, 0.717) is 42.0 Å². The number of carbonyl (C=O) groups excluding carboxylic acids is 2. The summed E-state index contributed by atoms with van der Waals surface area (Å²) in [5, 5.41) is 0.543. The fraction of sp³-hybridized carbons (Fsp3) is 0.351. The summed E-state index contributed by atoms with van der Waals surface area (Å²) in [6.45, 7) is 8.86. The van der Waals surface area contributed by atoms with Crippen molar-refractivity contribution in [2.45, 2.75) is 70.6 Å². The van der Waals surface area contributed by atoms with E-state index in [1.807, 2.05) is 18.2 Å². The van der Waals surface area contributed by atoms with Crippen LogP contribution in [-0.2, 0) is 26.1 Å². The second kappa shape index (κ2) is 12.4. The van der Waals surface area contributed by atoms with Gasteiger partial charge in [0.1, 0.15) is 4.90 Å². The molecule has 0 fully saturated rings. The first-order chi connectivity index (χ1) is 22.1. The maximum atomic E-state index is 14.3. The maximum absolute atomic E-state index is 14.3. The number of hydrogen-bond donors (Lipinski definition) is 0. The Morgan fingerprint density at radius 1 is 0.766 bits per heavy atom. The highest BCUT2D eigenvalue weighted by Gasteiger charge is 2.50. The lowest BCUT2D eigenvalue weighted by molar-refractivity contribution is -0.119. The van der Waals surface area contributed by atoms with Gasteiger partial charge in [-0.2, -0.15) is 8.42 Å².